The van der Waals surface area contributed by atoms with Gasteiger partial charge in [0.2, 0.25) is 0 Å². The molecule has 0 aliphatic heterocycles. The average Bonchev–Trinajstić information content (AvgIpc) is 2.74. The second kappa shape index (κ2) is 6.49. The summed E-state index contributed by atoms with van der Waals surface area (Å²) in [5.41, 5.74) is -0.139. The number of alkyl halides is 1. The number of rotatable bonds is 0. The van der Waals surface area contributed by atoms with Gasteiger partial charge in [-0.05, 0) is 25.0 Å². The molecule has 0 spiro atoms. The van der Waals surface area contributed by atoms with Crippen LogP contribution in [-0.2, 0) is 0 Å². The van der Waals surface area contributed by atoms with Crippen LogP contribution < -0.4 is 0 Å². The Labute approximate surface area is 103 Å². The van der Waals surface area contributed by atoms with Crippen molar-refractivity contribution in [2.45, 2.75) is 30.5 Å². The van der Waals surface area contributed by atoms with Gasteiger partial charge in [-0.1, -0.05) is 34.8 Å². The Kier molecular flexibility index (Phi) is 5.27. The van der Waals surface area contributed by atoms with Gasteiger partial charge in [0, 0.05) is 4.83 Å². The Bertz CT molecular complexity index is 383. The van der Waals surface area contributed by atoms with Crippen LogP contribution in [0, 0.1) is 17.1 Å². The van der Waals surface area contributed by atoms with E-state index in [9.17, 15) is 4.39 Å². The normalized spacial score (nSPS) is 15.1. The van der Waals surface area contributed by atoms with Crippen LogP contribution in [0.15, 0.2) is 18.2 Å². The molecule has 0 atom stereocenters. The number of nitriles is 1. The van der Waals surface area contributed by atoms with Crippen molar-refractivity contribution in [2.24, 2.45) is 0 Å². The van der Waals surface area contributed by atoms with Crippen LogP contribution in [0.4, 0.5) is 4.39 Å². The maximum Gasteiger partial charge on any atom is 0.182 e. The van der Waals surface area contributed by atoms with Crippen LogP contribution in [0.5, 0.6) is 5.75 Å². The molecule has 0 aromatic heterocycles. The molecule has 1 aliphatic carbocycles. The quantitative estimate of drug-likeness (QED) is 0.738. The zero-order valence-corrected chi connectivity index (χ0v) is 10.4. The van der Waals surface area contributed by atoms with Gasteiger partial charge in [-0.15, -0.1) is 0 Å². The highest BCUT2D eigenvalue weighted by atomic mass is 79.9. The van der Waals surface area contributed by atoms with E-state index in [1.807, 2.05) is 0 Å². The molecular weight excluding hydrogens is 273 g/mol. The third-order valence-corrected chi connectivity index (χ3v) is 3.30. The molecule has 0 unspecified atom stereocenters. The van der Waals surface area contributed by atoms with Crippen molar-refractivity contribution in [3.63, 3.8) is 0 Å². The number of aromatic hydroxyl groups is 1. The van der Waals surface area contributed by atoms with Crippen molar-refractivity contribution in [2.75, 3.05) is 0 Å². The van der Waals surface area contributed by atoms with Gasteiger partial charge in [-0.3, -0.25) is 0 Å². The van der Waals surface area contributed by atoms with E-state index in [2.05, 4.69) is 15.9 Å². The lowest BCUT2D eigenvalue weighted by atomic mass is 10.2. The van der Waals surface area contributed by atoms with Crippen LogP contribution in [0.1, 0.15) is 31.2 Å². The van der Waals surface area contributed by atoms with Crippen LogP contribution in [0.25, 0.3) is 0 Å². The zero-order chi connectivity index (χ0) is 12.0. The fraction of sp³-hybridized carbons (Fsp3) is 0.417. The molecule has 2 rings (SSSR count). The predicted octanol–water partition coefficient (Wildman–Crippen LogP) is 3.73. The zero-order valence-electron chi connectivity index (χ0n) is 8.79. The Balaban J connectivity index is 0.000000181. The lowest BCUT2D eigenvalue weighted by Gasteiger charge is -1.93. The summed E-state index contributed by atoms with van der Waals surface area (Å²) in [5, 5.41) is 16.9. The highest BCUT2D eigenvalue weighted by molar-refractivity contribution is 9.09. The largest absolute Gasteiger partial charge is 0.505 e. The van der Waals surface area contributed by atoms with E-state index < -0.39 is 11.6 Å². The second-order valence-electron chi connectivity index (χ2n) is 3.63. The molecule has 0 saturated heterocycles. The molecule has 1 aliphatic rings. The molecule has 1 fully saturated rings. The Hall–Kier alpha value is -1.08. The summed E-state index contributed by atoms with van der Waals surface area (Å²) in [5.74, 6) is -1.34. The number of halogens is 2. The average molecular weight is 286 g/mol. The van der Waals surface area contributed by atoms with Crippen molar-refractivity contribution >= 4 is 15.9 Å². The highest BCUT2D eigenvalue weighted by Gasteiger charge is 2.09. The smallest absolute Gasteiger partial charge is 0.182 e. The van der Waals surface area contributed by atoms with Gasteiger partial charge >= 0.3 is 0 Å². The lowest BCUT2D eigenvalue weighted by Crippen LogP contribution is -1.81. The number of phenols is 1. The molecule has 4 heteroatoms. The number of hydrogen-bond donors (Lipinski definition) is 1. The fourth-order valence-corrected chi connectivity index (χ4v) is 2.13. The van der Waals surface area contributed by atoms with Crippen molar-refractivity contribution in [3.05, 3.63) is 29.6 Å². The fourth-order valence-electron chi connectivity index (χ4n) is 1.48. The van der Waals surface area contributed by atoms with E-state index in [1.165, 1.54) is 43.9 Å². The summed E-state index contributed by atoms with van der Waals surface area (Å²) in [6.45, 7) is 0. The molecular formula is C12H13BrFNO. The van der Waals surface area contributed by atoms with Gasteiger partial charge in [-0.2, -0.15) is 5.26 Å². The van der Waals surface area contributed by atoms with E-state index in [4.69, 9.17) is 10.4 Å². The van der Waals surface area contributed by atoms with Crippen LogP contribution in [-0.4, -0.2) is 9.93 Å². The molecule has 1 saturated carbocycles. The number of phenolic OH excluding ortho intramolecular Hbond substituents is 1. The van der Waals surface area contributed by atoms with Crippen molar-refractivity contribution in [1.29, 1.82) is 5.26 Å². The molecule has 1 aromatic carbocycles. The van der Waals surface area contributed by atoms with Gasteiger partial charge in [0.25, 0.3) is 0 Å². The Morgan fingerprint density at radius 3 is 2.38 bits per heavy atom. The van der Waals surface area contributed by atoms with Gasteiger partial charge < -0.3 is 5.11 Å². The van der Waals surface area contributed by atoms with Crippen molar-refractivity contribution < 1.29 is 9.50 Å². The summed E-state index contributed by atoms with van der Waals surface area (Å²) >= 11 is 3.54. The lowest BCUT2D eigenvalue weighted by molar-refractivity contribution is 0.431. The predicted molar refractivity (Wildman–Crippen MR) is 64.0 cm³/mol. The van der Waals surface area contributed by atoms with E-state index in [-0.39, 0.29) is 5.56 Å². The summed E-state index contributed by atoms with van der Waals surface area (Å²) in [6.07, 6.45) is 5.69. The molecule has 0 bridgehead atoms. The molecule has 0 heterocycles. The van der Waals surface area contributed by atoms with Crippen LogP contribution >= 0.6 is 15.9 Å². The van der Waals surface area contributed by atoms with Crippen molar-refractivity contribution in [3.8, 4) is 11.8 Å². The third kappa shape index (κ3) is 3.82. The second-order valence-corrected chi connectivity index (χ2v) is 4.93. The monoisotopic (exact) mass is 285 g/mol. The number of nitrogens with zero attached hydrogens (tertiary/aromatic N) is 1. The maximum atomic E-state index is 12.5. The van der Waals surface area contributed by atoms with E-state index in [0.29, 0.717) is 0 Å². The number of benzene rings is 1. The standard InChI is InChI=1S/C7H4FNO.C5H9Br/c8-7-5(4-9)2-1-3-6(7)10;6-5-3-1-2-4-5/h1-3,10H;5H,1-4H2. The minimum atomic E-state index is -0.856. The van der Waals surface area contributed by atoms with E-state index in [1.54, 1.807) is 6.07 Å². The first-order valence-electron chi connectivity index (χ1n) is 5.16. The molecule has 0 radical (unpaired) electrons. The minimum absolute atomic E-state index is 0.139. The molecule has 0 amide bonds. The van der Waals surface area contributed by atoms with Gasteiger partial charge in [-0.25, -0.2) is 4.39 Å². The summed E-state index contributed by atoms with van der Waals surface area (Å²) < 4.78 is 12.5. The summed E-state index contributed by atoms with van der Waals surface area (Å²) in [4.78, 5) is 0.859. The van der Waals surface area contributed by atoms with E-state index >= 15 is 0 Å². The Morgan fingerprint density at radius 1 is 1.38 bits per heavy atom. The third-order valence-electron chi connectivity index (χ3n) is 2.38. The van der Waals surface area contributed by atoms with Gasteiger partial charge in [0.05, 0.1) is 5.56 Å². The minimum Gasteiger partial charge on any atom is -0.505 e. The Morgan fingerprint density at radius 2 is 2.00 bits per heavy atom. The molecule has 1 aromatic rings. The topological polar surface area (TPSA) is 44.0 Å². The van der Waals surface area contributed by atoms with E-state index in [0.717, 1.165) is 4.83 Å². The van der Waals surface area contributed by atoms with Gasteiger partial charge in [0.15, 0.2) is 11.6 Å². The molecule has 16 heavy (non-hydrogen) atoms. The highest BCUT2D eigenvalue weighted by Crippen LogP contribution is 2.23. The van der Waals surface area contributed by atoms with Crippen LogP contribution in [0.2, 0.25) is 0 Å². The molecule has 86 valence electrons. The summed E-state index contributed by atoms with van der Waals surface area (Å²) in [7, 11) is 0. The van der Waals surface area contributed by atoms with Gasteiger partial charge in [0.1, 0.15) is 6.07 Å². The maximum absolute atomic E-state index is 12.5. The SMILES string of the molecule is BrC1CCCC1.N#Cc1cccc(O)c1F. The van der Waals surface area contributed by atoms with Crippen LogP contribution in [0.3, 0.4) is 0 Å². The summed E-state index contributed by atoms with van der Waals surface area (Å²) in [6, 6.07) is 5.51. The first-order chi connectivity index (χ1) is 7.65. The van der Waals surface area contributed by atoms with Crippen molar-refractivity contribution in [1.82, 2.24) is 0 Å². The first-order valence-corrected chi connectivity index (χ1v) is 6.08. The molecule has 1 N–H and O–H groups in total. The first kappa shape index (κ1) is 13.0. The molecule has 2 nitrogen and oxygen atoms in total. The number of hydrogen-bond acceptors (Lipinski definition) is 2.